The van der Waals surface area contributed by atoms with Gasteiger partial charge < -0.3 is 9.47 Å². The average Bonchev–Trinajstić information content (AvgIpc) is 2.34. The van der Waals surface area contributed by atoms with Crippen LogP contribution in [0.15, 0.2) is 24.3 Å². The minimum atomic E-state index is 0.104. The minimum Gasteiger partial charge on any atom is -0.490 e. The van der Waals surface area contributed by atoms with E-state index in [4.69, 9.17) is 9.47 Å². The van der Waals surface area contributed by atoms with E-state index >= 15 is 0 Å². The van der Waals surface area contributed by atoms with E-state index < -0.39 is 0 Å². The van der Waals surface area contributed by atoms with E-state index in [1.54, 1.807) is 6.07 Å². The summed E-state index contributed by atoms with van der Waals surface area (Å²) >= 11 is 0. The van der Waals surface area contributed by atoms with Gasteiger partial charge in [-0.25, -0.2) is 0 Å². The maximum Gasteiger partial charge on any atom is 0.166 e. The van der Waals surface area contributed by atoms with Gasteiger partial charge in [0.2, 0.25) is 0 Å². The SMILES string of the molecule is CCOCCOc1ccccc1C(=O)CC. The molecule has 0 fully saturated rings. The van der Waals surface area contributed by atoms with Gasteiger partial charge in [0.05, 0.1) is 12.2 Å². The smallest absolute Gasteiger partial charge is 0.166 e. The summed E-state index contributed by atoms with van der Waals surface area (Å²) in [7, 11) is 0. The first-order chi connectivity index (χ1) is 7.79. The van der Waals surface area contributed by atoms with Crippen molar-refractivity contribution in [2.24, 2.45) is 0 Å². The van der Waals surface area contributed by atoms with Crippen molar-refractivity contribution in [1.82, 2.24) is 0 Å². The Kier molecular flexibility index (Phi) is 5.57. The van der Waals surface area contributed by atoms with Crippen LogP contribution in [-0.4, -0.2) is 25.6 Å². The summed E-state index contributed by atoms with van der Waals surface area (Å²) in [6, 6.07) is 7.32. The Hall–Kier alpha value is -1.35. The standard InChI is InChI=1S/C13H18O3/c1-3-12(14)11-7-5-6-8-13(11)16-10-9-15-4-2/h5-8H,3-4,9-10H2,1-2H3. The van der Waals surface area contributed by atoms with Gasteiger partial charge >= 0.3 is 0 Å². The number of ketones is 1. The van der Waals surface area contributed by atoms with Crippen LogP contribution < -0.4 is 4.74 Å². The second-order valence-corrected chi connectivity index (χ2v) is 3.32. The van der Waals surface area contributed by atoms with Crippen LogP contribution >= 0.6 is 0 Å². The van der Waals surface area contributed by atoms with E-state index in [0.717, 1.165) is 0 Å². The molecule has 1 rings (SSSR count). The first-order valence-electron chi connectivity index (χ1n) is 5.62. The molecule has 0 spiro atoms. The van der Waals surface area contributed by atoms with Gasteiger partial charge in [-0.1, -0.05) is 19.1 Å². The van der Waals surface area contributed by atoms with Crippen LogP contribution in [0.2, 0.25) is 0 Å². The fraction of sp³-hybridized carbons (Fsp3) is 0.462. The molecule has 0 amide bonds. The number of hydrogen-bond donors (Lipinski definition) is 0. The molecule has 0 aliphatic rings. The number of benzene rings is 1. The molecule has 0 saturated heterocycles. The molecule has 3 heteroatoms. The lowest BCUT2D eigenvalue weighted by atomic mass is 10.1. The predicted octanol–water partition coefficient (Wildman–Crippen LogP) is 2.69. The van der Waals surface area contributed by atoms with Crippen molar-refractivity contribution in [3.63, 3.8) is 0 Å². The van der Waals surface area contributed by atoms with E-state index in [1.165, 1.54) is 0 Å². The Morgan fingerprint density at radius 3 is 2.62 bits per heavy atom. The normalized spacial score (nSPS) is 10.1. The summed E-state index contributed by atoms with van der Waals surface area (Å²) in [6.07, 6.45) is 0.492. The average molecular weight is 222 g/mol. The maximum absolute atomic E-state index is 11.6. The number of ether oxygens (including phenoxy) is 2. The van der Waals surface area contributed by atoms with Crippen molar-refractivity contribution in [3.05, 3.63) is 29.8 Å². The van der Waals surface area contributed by atoms with Crippen LogP contribution in [0.3, 0.4) is 0 Å². The lowest BCUT2D eigenvalue weighted by Gasteiger charge is -2.09. The quantitative estimate of drug-likeness (QED) is 0.525. The number of Topliss-reactive ketones (excluding diaryl/α,β-unsaturated/α-hetero) is 1. The van der Waals surface area contributed by atoms with E-state index in [-0.39, 0.29) is 5.78 Å². The number of para-hydroxylation sites is 1. The molecule has 88 valence electrons. The Balaban J connectivity index is 2.60. The molecule has 0 bridgehead atoms. The molecule has 1 aromatic rings. The number of carbonyl (C=O) groups excluding carboxylic acids is 1. The summed E-state index contributed by atoms with van der Waals surface area (Å²) in [5, 5.41) is 0. The molecule has 0 aliphatic carbocycles. The number of carbonyl (C=O) groups is 1. The molecule has 16 heavy (non-hydrogen) atoms. The van der Waals surface area contributed by atoms with Crippen LogP contribution in [-0.2, 0) is 4.74 Å². The van der Waals surface area contributed by atoms with Gasteiger partial charge in [0.15, 0.2) is 5.78 Å². The molecule has 0 heterocycles. The second kappa shape index (κ2) is 7.01. The van der Waals surface area contributed by atoms with Crippen molar-refractivity contribution in [3.8, 4) is 5.75 Å². The summed E-state index contributed by atoms with van der Waals surface area (Å²) in [5.41, 5.74) is 0.654. The van der Waals surface area contributed by atoms with Gasteiger partial charge in [-0.3, -0.25) is 4.79 Å². The van der Waals surface area contributed by atoms with Crippen LogP contribution in [0.5, 0.6) is 5.75 Å². The van der Waals surface area contributed by atoms with Gasteiger partial charge in [0, 0.05) is 13.0 Å². The Labute approximate surface area is 96.4 Å². The molecule has 3 nitrogen and oxygen atoms in total. The van der Waals surface area contributed by atoms with Gasteiger partial charge in [0.1, 0.15) is 12.4 Å². The number of rotatable bonds is 7. The summed E-state index contributed by atoms with van der Waals surface area (Å²) in [5.74, 6) is 0.751. The molecule has 0 N–H and O–H groups in total. The molecule has 0 atom stereocenters. The highest BCUT2D eigenvalue weighted by molar-refractivity contribution is 5.98. The molecule has 0 unspecified atom stereocenters. The first-order valence-corrected chi connectivity index (χ1v) is 5.62. The van der Waals surface area contributed by atoms with E-state index in [0.29, 0.717) is 37.6 Å². The Bertz CT molecular complexity index is 334. The van der Waals surface area contributed by atoms with E-state index in [1.807, 2.05) is 32.0 Å². The third-order valence-corrected chi connectivity index (χ3v) is 2.20. The maximum atomic E-state index is 11.6. The van der Waals surface area contributed by atoms with Crippen molar-refractivity contribution < 1.29 is 14.3 Å². The highest BCUT2D eigenvalue weighted by atomic mass is 16.5. The van der Waals surface area contributed by atoms with Crippen LogP contribution in [0.1, 0.15) is 30.6 Å². The molecule has 0 aromatic heterocycles. The van der Waals surface area contributed by atoms with Gasteiger partial charge in [-0.15, -0.1) is 0 Å². The summed E-state index contributed by atoms with van der Waals surface area (Å²) < 4.78 is 10.7. The van der Waals surface area contributed by atoms with E-state index in [9.17, 15) is 4.79 Å². The second-order valence-electron chi connectivity index (χ2n) is 3.32. The highest BCUT2D eigenvalue weighted by Crippen LogP contribution is 2.19. The van der Waals surface area contributed by atoms with Crippen molar-refractivity contribution in [2.75, 3.05) is 19.8 Å². The molecule has 0 saturated carbocycles. The lowest BCUT2D eigenvalue weighted by molar-refractivity contribution is 0.0968. The van der Waals surface area contributed by atoms with Crippen molar-refractivity contribution in [1.29, 1.82) is 0 Å². The summed E-state index contributed by atoms with van der Waals surface area (Å²) in [6.45, 7) is 5.49. The monoisotopic (exact) mass is 222 g/mol. The molecular weight excluding hydrogens is 204 g/mol. The zero-order valence-electron chi connectivity index (χ0n) is 9.86. The Morgan fingerprint density at radius 2 is 1.94 bits per heavy atom. The third kappa shape index (κ3) is 3.66. The fourth-order valence-corrected chi connectivity index (χ4v) is 1.37. The molecule has 1 aromatic carbocycles. The Morgan fingerprint density at radius 1 is 1.19 bits per heavy atom. The van der Waals surface area contributed by atoms with Gasteiger partial charge in [0.25, 0.3) is 0 Å². The largest absolute Gasteiger partial charge is 0.490 e. The van der Waals surface area contributed by atoms with Gasteiger partial charge in [-0.2, -0.15) is 0 Å². The topological polar surface area (TPSA) is 35.5 Å². The zero-order chi connectivity index (χ0) is 11.8. The first kappa shape index (κ1) is 12.7. The molecule has 0 aliphatic heterocycles. The highest BCUT2D eigenvalue weighted by Gasteiger charge is 2.09. The molecular formula is C13H18O3. The van der Waals surface area contributed by atoms with Crippen LogP contribution in [0.4, 0.5) is 0 Å². The fourth-order valence-electron chi connectivity index (χ4n) is 1.37. The lowest BCUT2D eigenvalue weighted by Crippen LogP contribution is -2.09. The summed E-state index contributed by atoms with van der Waals surface area (Å²) in [4.78, 5) is 11.6. The third-order valence-electron chi connectivity index (χ3n) is 2.20. The van der Waals surface area contributed by atoms with Crippen LogP contribution in [0.25, 0.3) is 0 Å². The van der Waals surface area contributed by atoms with Crippen molar-refractivity contribution >= 4 is 5.78 Å². The van der Waals surface area contributed by atoms with Crippen molar-refractivity contribution in [2.45, 2.75) is 20.3 Å². The molecule has 0 radical (unpaired) electrons. The van der Waals surface area contributed by atoms with Gasteiger partial charge in [-0.05, 0) is 19.1 Å². The van der Waals surface area contributed by atoms with E-state index in [2.05, 4.69) is 0 Å². The number of hydrogen-bond acceptors (Lipinski definition) is 3. The minimum absolute atomic E-state index is 0.104. The van der Waals surface area contributed by atoms with Crippen LogP contribution in [0, 0.1) is 0 Å². The predicted molar refractivity (Wildman–Crippen MR) is 63.1 cm³/mol. The zero-order valence-corrected chi connectivity index (χ0v) is 9.86.